The Morgan fingerprint density at radius 2 is 1.90 bits per heavy atom. The molecule has 1 N–H and O–H groups in total. The number of carboxylic acids is 1. The number of carbonyl (C=O) groups is 1. The van der Waals surface area contributed by atoms with Crippen molar-refractivity contribution in [2.24, 2.45) is 0 Å². The number of hydrogen-bond donors (Lipinski definition) is 1. The molecule has 1 unspecified atom stereocenters. The Morgan fingerprint density at radius 1 is 1.29 bits per heavy atom. The van der Waals surface area contributed by atoms with Crippen LogP contribution in [0.15, 0.2) is 12.1 Å². The molecule has 0 bridgehead atoms. The van der Waals surface area contributed by atoms with E-state index >= 15 is 0 Å². The van der Waals surface area contributed by atoms with Gasteiger partial charge < -0.3 is 14.6 Å². The molecule has 0 aliphatic heterocycles. The van der Waals surface area contributed by atoms with Crippen LogP contribution in [0.4, 0.5) is 4.39 Å². The molecule has 1 aromatic rings. The van der Waals surface area contributed by atoms with Crippen LogP contribution in [0.2, 0.25) is 0 Å². The molecular formula is C16H21FO4. The fraction of sp³-hybridized carbons (Fsp3) is 0.562. The summed E-state index contributed by atoms with van der Waals surface area (Å²) in [6.07, 6.45) is 1.55. The second-order valence-electron chi connectivity index (χ2n) is 5.51. The van der Waals surface area contributed by atoms with Crippen LogP contribution in [0.3, 0.4) is 0 Å². The normalized spacial score (nSPS) is 18.3. The predicted octanol–water partition coefficient (Wildman–Crippen LogP) is 3.63. The molecule has 1 atom stereocenters. The van der Waals surface area contributed by atoms with Crippen LogP contribution >= 0.6 is 0 Å². The highest BCUT2D eigenvalue weighted by atomic mass is 19.1. The van der Waals surface area contributed by atoms with E-state index in [1.165, 1.54) is 21.1 Å². The summed E-state index contributed by atoms with van der Waals surface area (Å²) >= 11 is 0. The molecule has 1 aromatic carbocycles. The third-order valence-corrected chi connectivity index (χ3v) is 4.34. The quantitative estimate of drug-likeness (QED) is 0.901. The molecule has 0 radical (unpaired) electrons. The van der Waals surface area contributed by atoms with Crippen molar-refractivity contribution in [2.45, 2.75) is 44.2 Å². The van der Waals surface area contributed by atoms with Crippen molar-refractivity contribution in [3.8, 4) is 11.5 Å². The lowest BCUT2D eigenvalue weighted by Gasteiger charge is -2.28. The highest BCUT2D eigenvalue weighted by Crippen LogP contribution is 2.49. The predicted molar refractivity (Wildman–Crippen MR) is 76.9 cm³/mol. The summed E-state index contributed by atoms with van der Waals surface area (Å²) in [5.41, 5.74) is -0.0761. The molecule has 1 aliphatic carbocycles. The Balaban J connectivity index is 2.70. The SMILES string of the molecule is COc1cc(C(C)F)cc(C2(C(=O)O)CCCC2)c1OC. The second kappa shape index (κ2) is 5.92. The zero-order valence-corrected chi connectivity index (χ0v) is 12.6. The molecular weight excluding hydrogens is 275 g/mol. The monoisotopic (exact) mass is 296 g/mol. The van der Waals surface area contributed by atoms with E-state index in [9.17, 15) is 14.3 Å². The van der Waals surface area contributed by atoms with E-state index < -0.39 is 17.6 Å². The molecule has 116 valence electrons. The van der Waals surface area contributed by atoms with Crippen molar-refractivity contribution in [3.05, 3.63) is 23.3 Å². The summed E-state index contributed by atoms with van der Waals surface area (Å²) < 4.78 is 24.4. The molecule has 2 rings (SSSR count). The molecule has 0 spiro atoms. The molecule has 0 aromatic heterocycles. The minimum atomic E-state index is -1.20. The van der Waals surface area contributed by atoms with Gasteiger partial charge in [-0.3, -0.25) is 4.79 Å². The van der Waals surface area contributed by atoms with Gasteiger partial charge in [-0.15, -0.1) is 0 Å². The van der Waals surface area contributed by atoms with E-state index in [1.54, 1.807) is 12.1 Å². The number of methoxy groups -OCH3 is 2. The third kappa shape index (κ3) is 2.57. The molecule has 1 aliphatic rings. The van der Waals surface area contributed by atoms with Crippen LogP contribution in [-0.4, -0.2) is 25.3 Å². The van der Waals surface area contributed by atoms with Gasteiger partial charge in [-0.05, 0) is 37.5 Å². The lowest BCUT2D eigenvalue weighted by Crippen LogP contribution is -2.33. The smallest absolute Gasteiger partial charge is 0.314 e. The average molecular weight is 296 g/mol. The molecule has 0 saturated heterocycles. The standard InChI is InChI=1S/C16H21FO4/c1-10(17)11-8-12(14(21-3)13(9-11)20-2)16(15(18)19)6-4-5-7-16/h8-10H,4-7H2,1-3H3,(H,18,19). The fourth-order valence-electron chi connectivity index (χ4n) is 3.15. The first-order valence-electron chi connectivity index (χ1n) is 7.10. The van der Waals surface area contributed by atoms with Gasteiger partial charge in [0.15, 0.2) is 11.5 Å². The maximum atomic E-state index is 13.7. The number of halogens is 1. The Labute approximate surface area is 123 Å². The van der Waals surface area contributed by atoms with E-state index in [1.807, 2.05) is 0 Å². The highest BCUT2D eigenvalue weighted by Gasteiger charge is 2.45. The maximum Gasteiger partial charge on any atom is 0.314 e. The van der Waals surface area contributed by atoms with E-state index in [4.69, 9.17) is 9.47 Å². The lowest BCUT2D eigenvalue weighted by molar-refractivity contribution is -0.143. The van der Waals surface area contributed by atoms with Crippen molar-refractivity contribution in [1.29, 1.82) is 0 Å². The van der Waals surface area contributed by atoms with Gasteiger partial charge in [-0.2, -0.15) is 0 Å². The van der Waals surface area contributed by atoms with Crippen LogP contribution in [-0.2, 0) is 10.2 Å². The van der Waals surface area contributed by atoms with Gasteiger partial charge in [-0.25, -0.2) is 4.39 Å². The van der Waals surface area contributed by atoms with Crippen molar-refractivity contribution in [3.63, 3.8) is 0 Å². The summed E-state index contributed by atoms with van der Waals surface area (Å²) in [6.45, 7) is 1.42. The van der Waals surface area contributed by atoms with Crippen LogP contribution < -0.4 is 9.47 Å². The Morgan fingerprint density at radius 3 is 2.33 bits per heavy atom. The largest absolute Gasteiger partial charge is 0.493 e. The summed E-state index contributed by atoms with van der Waals surface area (Å²) in [5, 5.41) is 9.74. The molecule has 0 heterocycles. The average Bonchev–Trinajstić information content (AvgIpc) is 2.96. The number of benzene rings is 1. The molecule has 1 saturated carbocycles. The summed E-state index contributed by atoms with van der Waals surface area (Å²) in [7, 11) is 2.95. The molecule has 1 fully saturated rings. The Bertz CT molecular complexity index is 533. The summed E-state index contributed by atoms with van der Waals surface area (Å²) in [4.78, 5) is 11.9. The molecule has 5 heteroatoms. The number of aliphatic carboxylic acids is 1. The van der Waals surface area contributed by atoms with E-state index in [2.05, 4.69) is 0 Å². The van der Waals surface area contributed by atoms with Crippen molar-refractivity contribution in [2.75, 3.05) is 14.2 Å². The first kappa shape index (κ1) is 15.6. The fourth-order valence-corrected chi connectivity index (χ4v) is 3.15. The zero-order chi connectivity index (χ0) is 15.6. The van der Waals surface area contributed by atoms with Crippen LogP contribution in [0, 0.1) is 0 Å². The number of ether oxygens (including phenoxy) is 2. The van der Waals surface area contributed by atoms with Gasteiger partial charge in [0.05, 0.1) is 19.6 Å². The summed E-state index contributed by atoms with van der Waals surface area (Å²) in [6, 6.07) is 3.18. The number of rotatable bonds is 5. The van der Waals surface area contributed by atoms with E-state index in [0.717, 1.165) is 12.8 Å². The van der Waals surface area contributed by atoms with Crippen LogP contribution in [0.25, 0.3) is 0 Å². The van der Waals surface area contributed by atoms with Crippen molar-refractivity contribution in [1.82, 2.24) is 0 Å². The summed E-state index contributed by atoms with van der Waals surface area (Å²) in [5.74, 6) is -0.114. The van der Waals surface area contributed by atoms with Gasteiger partial charge in [0.2, 0.25) is 0 Å². The van der Waals surface area contributed by atoms with Crippen LogP contribution in [0.5, 0.6) is 11.5 Å². The first-order chi connectivity index (χ1) is 9.96. The van der Waals surface area contributed by atoms with Crippen LogP contribution in [0.1, 0.15) is 49.9 Å². The third-order valence-electron chi connectivity index (χ3n) is 4.34. The zero-order valence-electron chi connectivity index (χ0n) is 12.6. The first-order valence-corrected chi connectivity index (χ1v) is 7.10. The number of hydrogen-bond acceptors (Lipinski definition) is 3. The van der Waals surface area contributed by atoms with Gasteiger partial charge in [0, 0.05) is 5.56 Å². The number of alkyl halides is 1. The minimum absolute atomic E-state index is 0.377. The van der Waals surface area contributed by atoms with Gasteiger partial charge >= 0.3 is 5.97 Å². The molecule has 21 heavy (non-hydrogen) atoms. The Kier molecular flexibility index (Phi) is 4.40. The number of carboxylic acid groups (broad SMARTS) is 1. The van der Waals surface area contributed by atoms with Crippen molar-refractivity contribution < 1.29 is 23.8 Å². The van der Waals surface area contributed by atoms with E-state index in [-0.39, 0.29) is 0 Å². The maximum absolute atomic E-state index is 13.7. The second-order valence-corrected chi connectivity index (χ2v) is 5.51. The molecule has 0 amide bonds. The topological polar surface area (TPSA) is 55.8 Å². The van der Waals surface area contributed by atoms with Gasteiger partial charge in [0.25, 0.3) is 0 Å². The Hall–Kier alpha value is -1.78. The minimum Gasteiger partial charge on any atom is -0.493 e. The lowest BCUT2D eigenvalue weighted by atomic mass is 9.77. The van der Waals surface area contributed by atoms with Crippen molar-refractivity contribution >= 4 is 5.97 Å². The highest BCUT2D eigenvalue weighted by molar-refractivity contribution is 5.83. The van der Waals surface area contributed by atoms with Gasteiger partial charge in [0.1, 0.15) is 6.17 Å². The molecule has 4 nitrogen and oxygen atoms in total. The van der Waals surface area contributed by atoms with E-state index in [0.29, 0.717) is 35.5 Å². The van der Waals surface area contributed by atoms with Gasteiger partial charge in [-0.1, -0.05) is 12.8 Å².